The Hall–Kier alpha value is -2.59. The van der Waals surface area contributed by atoms with Crippen molar-refractivity contribution in [2.75, 3.05) is 0 Å². The van der Waals surface area contributed by atoms with Crippen LogP contribution in [0.4, 0.5) is 0 Å². The lowest BCUT2D eigenvalue weighted by molar-refractivity contribution is 0.0939. The quantitative estimate of drug-likeness (QED) is 0.748. The Balaban J connectivity index is 1.75. The maximum atomic E-state index is 12.5. The molecular weight excluding hydrogens is 334 g/mol. The van der Waals surface area contributed by atoms with E-state index in [1.165, 1.54) is 10.2 Å². The number of halogens is 1. The van der Waals surface area contributed by atoms with Crippen LogP contribution >= 0.6 is 11.6 Å². The lowest BCUT2D eigenvalue weighted by atomic mass is 10.0. The molecule has 1 heterocycles. The van der Waals surface area contributed by atoms with E-state index in [2.05, 4.69) is 34.7 Å². The molecule has 1 amide bonds. The second kappa shape index (κ2) is 7.11. The molecule has 2 aromatic carbocycles. The summed E-state index contributed by atoms with van der Waals surface area (Å²) in [6.45, 7) is 3.73. The number of aryl methyl sites for hydroxylation is 2. The molecule has 1 atom stereocenters. The topological polar surface area (TPSA) is 46.9 Å². The molecule has 0 fully saturated rings. The van der Waals surface area contributed by atoms with Gasteiger partial charge in [0, 0.05) is 7.05 Å². The summed E-state index contributed by atoms with van der Waals surface area (Å²) in [5.41, 5.74) is 4.40. The van der Waals surface area contributed by atoms with Gasteiger partial charge in [-0.3, -0.25) is 9.48 Å². The fourth-order valence-electron chi connectivity index (χ4n) is 2.83. The summed E-state index contributed by atoms with van der Waals surface area (Å²) in [6.07, 6.45) is 0. The lowest BCUT2D eigenvalue weighted by Crippen LogP contribution is -2.27. The van der Waals surface area contributed by atoms with E-state index in [9.17, 15) is 4.79 Å². The number of nitrogens with zero attached hydrogens (tertiary/aromatic N) is 2. The van der Waals surface area contributed by atoms with Gasteiger partial charge in [0.25, 0.3) is 5.91 Å². The molecule has 0 bridgehead atoms. The standard InChI is InChI=1S/C20H20ClN3O/c1-13(22-20(25)18-14(2)23-24(3)19(18)21)15-9-11-17(12-10-15)16-7-5-4-6-8-16/h4-13H,1-3H3,(H,22,25)/t13-/m0/s1. The predicted octanol–water partition coefficient (Wildman–Crippen LogP) is 4.54. The molecule has 0 spiro atoms. The summed E-state index contributed by atoms with van der Waals surface area (Å²) in [5, 5.41) is 7.52. The molecule has 0 aliphatic rings. The Kier molecular flexibility index (Phi) is 4.91. The summed E-state index contributed by atoms with van der Waals surface area (Å²) in [6, 6.07) is 18.3. The molecule has 0 aliphatic carbocycles. The van der Waals surface area contributed by atoms with Gasteiger partial charge in [0.05, 0.1) is 17.3 Å². The first kappa shape index (κ1) is 17.2. The van der Waals surface area contributed by atoms with Crippen LogP contribution in [0.5, 0.6) is 0 Å². The lowest BCUT2D eigenvalue weighted by Gasteiger charge is -2.15. The third kappa shape index (κ3) is 3.59. The van der Waals surface area contributed by atoms with Gasteiger partial charge < -0.3 is 5.32 Å². The highest BCUT2D eigenvalue weighted by Crippen LogP contribution is 2.23. The molecule has 4 nitrogen and oxygen atoms in total. The van der Waals surface area contributed by atoms with Crippen molar-refractivity contribution in [3.8, 4) is 11.1 Å². The number of aromatic nitrogens is 2. The molecule has 1 aromatic heterocycles. The SMILES string of the molecule is Cc1nn(C)c(Cl)c1C(=O)N[C@@H](C)c1ccc(-c2ccccc2)cc1. The predicted molar refractivity (Wildman–Crippen MR) is 101 cm³/mol. The molecule has 25 heavy (non-hydrogen) atoms. The van der Waals surface area contributed by atoms with E-state index in [4.69, 9.17) is 11.6 Å². The van der Waals surface area contributed by atoms with Crippen LogP contribution in [-0.2, 0) is 7.05 Å². The molecule has 128 valence electrons. The van der Waals surface area contributed by atoms with E-state index in [-0.39, 0.29) is 11.9 Å². The summed E-state index contributed by atoms with van der Waals surface area (Å²) in [7, 11) is 1.72. The van der Waals surface area contributed by atoms with Gasteiger partial charge in [-0.05, 0) is 30.5 Å². The summed E-state index contributed by atoms with van der Waals surface area (Å²) in [4.78, 5) is 12.5. The van der Waals surface area contributed by atoms with Gasteiger partial charge in [0.15, 0.2) is 0 Å². The molecule has 5 heteroatoms. The number of carbonyl (C=O) groups excluding carboxylic acids is 1. The Morgan fingerprint density at radius 3 is 2.24 bits per heavy atom. The first-order valence-corrected chi connectivity index (χ1v) is 8.50. The van der Waals surface area contributed by atoms with Crippen LogP contribution in [0.2, 0.25) is 5.15 Å². The highest BCUT2D eigenvalue weighted by molar-refractivity contribution is 6.33. The average molecular weight is 354 g/mol. The summed E-state index contributed by atoms with van der Waals surface area (Å²) in [5.74, 6) is -0.213. The number of amides is 1. The minimum Gasteiger partial charge on any atom is -0.345 e. The van der Waals surface area contributed by atoms with Gasteiger partial charge in [-0.1, -0.05) is 66.2 Å². The number of nitrogens with one attached hydrogen (secondary N) is 1. The number of benzene rings is 2. The molecule has 0 unspecified atom stereocenters. The number of carbonyl (C=O) groups is 1. The Morgan fingerprint density at radius 1 is 1.08 bits per heavy atom. The smallest absolute Gasteiger partial charge is 0.256 e. The van der Waals surface area contributed by atoms with E-state index in [0.29, 0.717) is 16.4 Å². The first-order chi connectivity index (χ1) is 12.0. The van der Waals surface area contributed by atoms with Crippen LogP contribution in [0.15, 0.2) is 54.6 Å². The Bertz CT molecular complexity index is 885. The summed E-state index contributed by atoms with van der Waals surface area (Å²) >= 11 is 6.17. The van der Waals surface area contributed by atoms with Gasteiger partial charge in [-0.15, -0.1) is 0 Å². The van der Waals surface area contributed by atoms with Crippen LogP contribution in [-0.4, -0.2) is 15.7 Å². The fourth-order valence-corrected chi connectivity index (χ4v) is 3.10. The third-order valence-electron chi connectivity index (χ3n) is 4.24. The van der Waals surface area contributed by atoms with E-state index in [1.807, 2.05) is 37.3 Å². The van der Waals surface area contributed by atoms with E-state index in [0.717, 1.165) is 11.1 Å². The zero-order valence-electron chi connectivity index (χ0n) is 14.5. The minimum absolute atomic E-state index is 0.131. The van der Waals surface area contributed by atoms with Gasteiger partial charge >= 0.3 is 0 Å². The van der Waals surface area contributed by atoms with Gasteiger partial charge in [-0.2, -0.15) is 5.10 Å². The largest absolute Gasteiger partial charge is 0.345 e. The molecule has 3 aromatic rings. The molecule has 1 N–H and O–H groups in total. The van der Waals surface area contributed by atoms with Crippen LogP contribution in [0.3, 0.4) is 0 Å². The number of rotatable bonds is 4. The second-order valence-electron chi connectivity index (χ2n) is 6.06. The van der Waals surface area contributed by atoms with Gasteiger partial charge in [-0.25, -0.2) is 0 Å². The monoisotopic (exact) mass is 353 g/mol. The maximum Gasteiger partial charge on any atom is 0.256 e. The van der Waals surface area contributed by atoms with Crippen molar-refractivity contribution in [1.29, 1.82) is 0 Å². The van der Waals surface area contributed by atoms with Crippen molar-refractivity contribution in [3.63, 3.8) is 0 Å². The van der Waals surface area contributed by atoms with Crippen molar-refractivity contribution in [2.45, 2.75) is 19.9 Å². The normalized spacial score (nSPS) is 12.0. The zero-order valence-corrected chi connectivity index (χ0v) is 15.2. The van der Waals surface area contributed by atoms with E-state index >= 15 is 0 Å². The molecular formula is C20H20ClN3O. The Labute approximate surface area is 152 Å². The minimum atomic E-state index is -0.213. The first-order valence-electron chi connectivity index (χ1n) is 8.12. The van der Waals surface area contributed by atoms with E-state index < -0.39 is 0 Å². The van der Waals surface area contributed by atoms with Crippen molar-refractivity contribution < 1.29 is 4.79 Å². The van der Waals surface area contributed by atoms with Crippen molar-refractivity contribution in [3.05, 3.63) is 76.6 Å². The highest BCUT2D eigenvalue weighted by Gasteiger charge is 2.20. The summed E-state index contributed by atoms with van der Waals surface area (Å²) < 4.78 is 1.51. The zero-order chi connectivity index (χ0) is 18.0. The fraction of sp³-hybridized carbons (Fsp3) is 0.200. The van der Waals surface area contributed by atoms with Crippen LogP contribution < -0.4 is 5.32 Å². The third-order valence-corrected chi connectivity index (χ3v) is 4.68. The van der Waals surface area contributed by atoms with Crippen molar-refractivity contribution in [2.24, 2.45) is 7.05 Å². The number of hydrogen-bond acceptors (Lipinski definition) is 2. The molecule has 0 aliphatic heterocycles. The second-order valence-corrected chi connectivity index (χ2v) is 6.42. The van der Waals surface area contributed by atoms with Crippen molar-refractivity contribution in [1.82, 2.24) is 15.1 Å². The van der Waals surface area contributed by atoms with Crippen LogP contribution in [0, 0.1) is 6.92 Å². The Morgan fingerprint density at radius 2 is 1.68 bits per heavy atom. The van der Waals surface area contributed by atoms with Crippen LogP contribution in [0.25, 0.3) is 11.1 Å². The van der Waals surface area contributed by atoms with Gasteiger partial charge in [0.2, 0.25) is 0 Å². The number of hydrogen-bond donors (Lipinski definition) is 1. The van der Waals surface area contributed by atoms with E-state index in [1.54, 1.807) is 14.0 Å². The average Bonchev–Trinajstić information content (AvgIpc) is 2.88. The highest BCUT2D eigenvalue weighted by atomic mass is 35.5. The molecule has 0 radical (unpaired) electrons. The molecule has 0 saturated heterocycles. The molecule has 0 saturated carbocycles. The maximum absolute atomic E-state index is 12.5. The van der Waals surface area contributed by atoms with Crippen molar-refractivity contribution >= 4 is 17.5 Å². The van der Waals surface area contributed by atoms with Gasteiger partial charge in [0.1, 0.15) is 5.15 Å². The van der Waals surface area contributed by atoms with Crippen LogP contribution in [0.1, 0.15) is 34.6 Å². The molecule has 3 rings (SSSR count).